The van der Waals surface area contributed by atoms with E-state index in [9.17, 15) is 4.79 Å². The highest BCUT2D eigenvalue weighted by Crippen LogP contribution is 2.20. The van der Waals surface area contributed by atoms with Crippen molar-refractivity contribution in [3.8, 4) is 0 Å². The molecule has 0 spiro atoms. The van der Waals surface area contributed by atoms with Gasteiger partial charge in [0.05, 0.1) is 18.8 Å². The highest BCUT2D eigenvalue weighted by atomic mass is 16.5. The Morgan fingerprint density at radius 1 is 0.909 bits per heavy atom. The highest BCUT2D eigenvalue weighted by molar-refractivity contribution is 5.81. The standard InChI is InChI=1S/C19H28O3/c20-19-15-10-14-18-13-9-12-17(22-18)11-7-5-3-1-2-4-6-8-16-21-19/h4,6,9-10,13,15,17-18H,1-3,5,7-8,11-12,14,16H2/b6-4-,15-10-. The molecular formula is C19H28O3. The van der Waals surface area contributed by atoms with Gasteiger partial charge in [0.25, 0.3) is 0 Å². The van der Waals surface area contributed by atoms with Crippen molar-refractivity contribution >= 4 is 5.97 Å². The number of allylic oxidation sites excluding steroid dienone is 1. The molecule has 2 bridgehead atoms. The van der Waals surface area contributed by atoms with E-state index in [2.05, 4.69) is 24.3 Å². The van der Waals surface area contributed by atoms with Crippen molar-refractivity contribution in [1.29, 1.82) is 0 Å². The second-order valence-electron chi connectivity index (χ2n) is 6.02. The van der Waals surface area contributed by atoms with Crippen LogP contribution in [0.2, 0.25) is 0 Å². The Hall–Kier alpha value is -1.35. The summed E-state index contributed by atoms with van der Waals surface area (Å²) in [5, 5.41) is 0. The predicted molar refractivity (Wildman–Crippen MR) is 88.6 cm³/mol. The summed E-state index contributed by atoms with van der Waals surface area (Å²) in [4.78, 5) is 11.6. The quantitative estimate of drug-likeness (QED) is 0.488. The van der Waals surface area contributed by atoms with E-state index in [1.54, 1.807) is 0 Å². The maximum Gasteiger partial charge on any atom is 0.330 e. The molecule has 0 N–H and O–H groups in total. The minimum Gasteiger partial charge on any atom is -0.462 e. The molecule has 2 aliphatic rings. The van der Waals surface area contributed by atoms with Gasteiger partial charge in [-0.05, 0) is 38.5 Å². The lowest BCUT2D eigenvalue weighted by Crippen LogP contribution is -2.23. The van der Waals surface area contributed by atoms with Crippen molar-refractivity contribution in [3.05, 3.63) is 36.5 Å². The van der Waals surface area contributed by atoms with Crippen LogP contribution >= 0.6 is 0 Å². The van der Waals surface area contributed by atoms with Crippen LogP contribution in [-0.4, -0.2) is 24.8 Å². The van der Waals surface area contributed by atoms with Crippen molar-refractivity contribution in [2.75, 3.05) is 6.61 Å². The minimum atomic E-state index is -0.258. The molecule has 0 saturated heterocycles. The molecular weight excluding hydrogens is 276 g/mol. The molecule has 0 aliphatic carbocycles. The third-order valence-corrected chi connectivity index (χ3v) is 4.08. The number of rotatable bonds is 0. The van der Waals surface area contributed by atoms with Crippen LogP contribution in [0.15, 0.2) is 36.5 Å². The van der Waals surface area contributed by atoms with Gasteiger partial charge in [-0.2, -0.15) is 0 Å². The summed E-state index contributed by atoms with van der Waals surface area (Å²) in [5.74, 6) is -0.258. The first kappa shape index (κ1) is 17.0. The van der Waals surface area contributed by atoms with Gasteiger partial charge in [0, 0.05) is 6.08 Å². The van der Waals surface area contributed by atoms with E-state index in [1.807, 2.05) is 6.08 Å². The third kappa shape index (κ3) is 7.08. The van der Waals surface area contributed by atoms with Crippen LogP contribution in [0.3, 0.4) is 0 Å². The maximum atomic E-state index is 11.6. The fourth-order valence-corrected chi connectivity index (χ4v) is 2.85. The topological polar surface area (TPSA) is 35.5 Å². The van der Waals surface area contributed by atoms with Crippen LogP contribution in [0.5, 0.6) is 0 Å². The summed E-state index contributed by atoms with van der Waals surface area (Å²) < 4.78 is 11.2. The van der Waals surface area contributed by atoms with Crippen LogP contribution in [0.1, 0.15) is 57.8 Å². The molecule has 2 atom stereocenters. The number of cyclic esters (lactones) is 1. The van der Waals surface area contributed by atoms with E-state index in [0.717, 1.165) is 32.1 Å². The molecule has 2 heterocycles. The van der Waals surface area contributed by atoms with Crippen LogP contribution in [0.25, 0.3) is 0 Å². The summed E-state index contributed by atoms with van der Waals surface area (Å²) in [5.41, 5.74) is 0. The van der Waals surface area contributed by atoms with Crippen LogP contribution in [-0.2, 0) is 14.3 Å². The average molecular weight is 304 g/mol. The predicted octanol–water partition coefficient (Wildman–Crippen LogP) is 4.49. The van der Waals surface area contributed by atoms with Crippen molar-refractivity contribution in [1.82, 2.24) is 0 Å². The molecule has 0 saturated carbocycles. The van der Waals surface area contributed by atoms with Crippen molar-refractivity contribution in [2.24, 2.45) is 0 Å². The molecule has 2 aliphatic heterocycles. The van der Waals surface area contributed by atoms with Gasteiger partial charge in [-0.25, -0.2) is 4.79 Å². The molecule has 0 aromatic carbocycles. The van der Waals surface area contributed by atoms with E-state index in [-0.39, 0.29) is 12.1 Å². The zero-order chi connectivity index (χ0) is 15.5. The molecule has 22 heavy (non-hydrogen) atoms. The minimum absolute atomic E-state index is 0.101. The molecule has 3 nitrogen and oxygen atoms in total. The summed E-state index contributed by atoms with van der Waals surface area (Å²) >= 11 is 0. The van der Waals surface area contributed by atoms with Gasteiger partial charge >= 0.3 is 5.97 Å². The normalized spacial score (nSPS) is 31.5. The molecule has 0 radical (unpaired) electrons. The smallest absolute Gasteiger partial charge is 0.330 e. The van der Waals surface area contributed by atoms with Gasteiger partial charge in [-0.1, -0.05) is 49.6 Å². The van der Waals surface area contributed by atoms with Crippen molar-refractivity contribution in [3.63, 3.8) is 0 Å². The Bertz CT molecular complexity index is 409. The molecule has 3 heteroatoms. The Morgan fingerprint density at radius 3 is 2.73 bits per heavy atom. The third-order valence-electron chi connectivity index (χ3n) is 4.08. The average Bonchev–Trinajstić information content (AvgIpc) is 2.52. The van der Waals surface area contributed by atoms with E-state index < -0.39 is 0 Å². The first-order valence-corrected chi connectivity index (χ1v) is 8.65. The van der Waals surface area contributed by atoms with Crippen molar-refractivity contribution in [2.45, 2.75) is 70.0 Å². The Balaban J connectivity index is 1.84. The van der Waals surface area contributed by atoms with Gasteiger partial charge in [0.1, 0.15) is 0 Å². The monoisotopic (exact) mass is 304 g/mol. The molecule has 0 fully saturated rings. The first-order chi connectivity index (χ1) is 10.8. The van der Waals surface area contributed by atoms with Gasteiger partial charge in [0.2, 0.25) is 0 Å². The Morgan fingerprint density at radius 2 is 1.77 bits per heavy atom. The van der Waals surface area contributed by atoms with Crippen LogP contribution < -0.4 is 0 Å². The molecule has 122 valence electrons. The second-order valence-corrected chi connectivity index (χ2v) is 6.02. The number of fused-ring (bicyclic) bond motifs is 2. The van der Waals surface area contributed by atoms with Gasteiger partial charge in [0.15, 0.2) is 0 Å². The van der Waals surface area contributed by atoms with E-state index >= 15 is 0 Å². The molecule has 0 aromatic rings. The van der Waals surface area contributed by atoms with Gasteiger partial charge in [-0.3, -0.25) is 0 Å². The Labute approximate surface area is 134 Å². The van der Waals surface area contributed by atoms with E-state index in [1.165, 1.54) is 31.8 Å². The largest absolute Gasteiger partial charge is 0.462 e. The highest BCUT2D eigenvalue weighted by Gasteiger charge is 2.16. The summed E-state index contributed by atoms with van der Waals surface area (Å²) in [6.07, 6.45) is 22.4. The summed E-state index contributed by atoms with van der Waals surface area (Å²) in [6.45, 7) is 0.460. The lowest BCUT2D eigenvalue weighted by atomic mass is 10.0. The zero-order valence-electron chi connectivity index (χ0n) is 13.4. The number of hydrogen-bond acceptors (Lipinski definition) is 3. The molecule has 0 aromatic heterocycles. The second kappa shape index (κ2) is 10.4. The van der Waals surface area contributed by atoms with Crippen molar-refractivity contribution < 1.29 is 14.3 Å². The van der Waals surface area contributed by atoms with Crippen LogP contribution in [0, 0.1) is 0 Å². The summed E-state index contributed by atoms with van der Waals surface area (Å²) in [6, 6.07) is 0. The lowest BCUT2D eigenvalue weighted by molar-refractivity contribution is -0.137. The van der Waals surface area contributed by atoms with Crippen LogP contribution in [0.4, 0.5) is 0 Å². The number of hydrogen-bond donors (Lipinski definition) is 0. The number of carbonyl (C=O) groups excluding carboxylic acids is 1. The van der Waals surface area contributed by atoms with Gasteiger partial charge < -0.3 is 9.47 Å². The first-order valence-electron chi connectivity index (χ1n) is 8.65. The molecule has 2 unspecified atom stereocenters. The van der Waals surface area contributed by atoms with E-state index in [4.69, 9.17) is 9.47 Å². The Kier molecular flexibility index (Phi) is 8.03. The van der Waals surface area contributed by atoms with E-state index in [0.29, 0.717) is 12.7 Å². The summed E-state index contributed by atoms with van der Waals surface area (Å²) in [7, 11) is 0. The number of esters is 1. The SMILES string of the molecule is O=C1/C=C\CC2C=CCC(CCCCCC/C=C\CCO1)O2. The number of carbonyl (C=O) groups is 1. The maximum absolute atomic E-state index is 11.6. The molecule has 2 rings (SSSR count). The lowest BCUT2D eigenvalue weighted by Gasteiger charge is -2.25. The molecule has 0 amide bonds. The number of ether oxygens (including phenoxy) is 2. The fraction of sp³-hybridized carbons (Fsp3) is 0.632. The fourth-order valence-electron chi connectivity index (χ4n) is 2.85. The van der Waals surface area contributed by atoms with Gasteiger partial charge in [-0.15, -0.1) is 0 Å². The zero-order valence-corrected chi connectivity index (χ0v) is 13.4.